The van der Waals surface area contributed by atoms with Crippen LogP contribution in [0, 0.1) is 11.8 Å². The number of carbonyl (C=O) groups is 1. The van der Waals surface area contributed by atoms with Crippen molar-refractivity contribution in [1.29, 1.82) is 0 Å². The normalized spacial score (nSPS) is 19.5. The molecule has 1 aromatic carbocycles. The molecule has 5 nitrogen and oxygen atoms in total. The van der Waals surface area contributed by atoms with Crippen molar-refractivity contribution < 1.29 is 27.4 Å². The molecule has 0 unspecified atom stereocenters. The van der Waals surface area contributed by atoms with E-state index in [9.17, 15) is 18.0 Å². The van der Waals surface area contributed by atoms with Crippen molar-refractivity contribution in [3.8, 4) is 5.88 Å². The van der Waals surface area contributed by atoms with Crippen LogP contribution in [0.4, 0.5) is 13.2 Å². The third-order valence-electron chi connectivity index (χ3n) is 7.08. The van der Waals surface area contributed by atoms with Gasteiger partial charge in [-0.25, -0.2) is 4.98 Å². The zero-order valence-corrected chi connectivity index (χ0v) is 19.8. The number of carbonyl (C=O) groups excluding carboxylic acids is 1. The maximum atomic E-state index is 13.3. The van der Waals surface area contributed by atoms with E-state index in [2.05, 4.69) is 9.97 Å². The van der Waals surface area contributed by atoms with E-state index in [1.165, 1.54) is 25.4 Å². The summed E-state index contributed by atoms with van der Waals surface area (Å²) in [6.45, 7) is 0.484. The van der Waals surface area contributed by atoms with Gasteiger partial charge < -0.3 is 9.47 Å². The Hall–Kier alpha value is -3.00. The van der Waals surface area contributed by atoms with Crippen LogP contribution in [-0.2, 0) is 10.9 Å². The lowest BCUT2D eigenvalue weighted by Crippen LogP contribution is -2.26. The van der Waals surface area contributed by atoms with E-state index in [4.69, 9.17) is 9.47 Å². The predicted molar refractivity (Wildman–Crippen MR) is 127 cm³/mol. The minimum absolute atomic E-state index is 0.0177. The second kappa shape index (κ2) is 10.7. The summed E-state index contributed by atoms with van der Waals surface area (Å²) in [4.78, 5) is 21.3. The summed E-state index contributed by atoms with van der Waals surface area (Å²) in [6.07, 6.45) is 2.64. The Morgan fingerprint density at radius 3 is 2.46 bits per heavy atom. The fourth-order valence-electron chi connectivity index (χ4n) is 5.20. The van der Waals surface area contributed by atoms with Gasteiger partial charge in [-0.15, -0.1) is 0 Å². The highest BCUT2D eigenvalue weighted by molar-refractivity contribution is 5.96. The van der Waals surface area contributed by atoms with Crippen LogP contribution in [0.15, 0.2) is 48.8 Å². The number of aromatic nitrogens is 2. The van der Waals surface area contributed by atoms with Crippen LogP contribution in [-0.4, -0.2) is 36.6 Å². The third kappa shape index (κ3) is 5.81. The summed E-state index contributed by atoms with van der Waals surface area (Å²) < 4.78 is 50.4. The molecular weight excluding hydrogens is 457 g/mol. The van der Waals surface area contributed by atoms with Gasteiger partial charge >= 0.3 is 6.18 Å². The number of rotatable bonds is 8. The summed E-state index contributed by atoms with van der Waals surface area (Å²) >= 11 is 0. The average molecular weight is 487 g/mol. The van der Waals surface area contributed by atoms with Crippen LogP contribution in [0.25, 0.3) is 10.9 Å². The predicted octanol–water partition coefficient (Wildman–Crippen LogP) is 6.47. The van der Waals surface area contributed by atoms with Crippen molar-refractivity contribution in [2.75, 3.05) is 20.8 Å². The highest BCUT2D eigenvalue weighted by Gasteiger charge is 2.33. The van der Waals surface area contributed by atoms with Crippen LogP contribution < -0.4 is 4.74 Å². The molecule has 0 amide bonds. The van der Waals surface area contributed by atoms with Crippen molar-refractivity contribution in [3.63, 3.8) is 0 Å². The number of fused-ring (bicyclic) bond motifs is 1. The lowest BCUT2D eigenvalue weighted by molar-refractivity contribution is -0.137. The standard InChI is InChI=1S/C27H29F3N2O3/c1-34-16-20(13-25(33)19-7-10-26(35-2)32-15-19)17-3-5-18(6-4-17)22-11-12-31-24-9-8-21(14-23(22)24)27(28,29)30/h7-12,14-15,17-18,20H,3-6,13,16H2,1-2H3/t17?,18?,20-/m1/s1. The van der Waals surface area contributed by atoms with Crippen molar-refractivity contribution in [3.05, 3.63) is 65.5 Å². The highest BCUT2D eigenvalue weighted by Crippen LogP contribution is 2.42. The summed E-state index contributed by atoms with van der Waals surface area (Å²) in [5.41, 5.74) is 1.39. The molecule has 1 aliphatic rings. The number of ether oxygens (including phenoxy) is 2. The first kappa shape index (κ1) is 25.1. The molecule has 186 valence electrons. The Morgan fingerprint density at radius 2 is 1.83 bits per heavy atom. The number of hydrogen-bond donors (Lipinski definition) is 0. The molecule has 1 aliphatic carbocycles. The second-order valence-corrected chi connectivity index (χ2v) is 9.17. The smallest absolute Gasteiger partial charge is 0.416 e. The van der Waals surface area contributed by atoms with Gasteiger partial charge in [-0.05, 0) is 79.3 Å². The average Bonchev–Trinajstić information content (AvgIpc) is 2.87. The van der Waals surface area contributed by atoms with Gasteiger partial charge in [0.2, 0.25) is 5.88 Å². The third-order valence-corrected chi connectivity index (χ3v) is 7.08. The molecule has 0 bridgehead atoms. The summed E-state index contributed by atoms with van der Waals surface area (Å²) in [7, 11) is 3.16. The molecule has 1 fully saturated rings. The second-order valence-electron chi connectivity index (χ2n) is 9.17. The van der Waals surface area contributed by atoms with Crippen LogP contribution in [0.5, 0.6) is 5.88 Å². The first-order chi connectivity index (χ1) is 16.8. The minimum Gasteiger partial charge on any atom is -0.481 e. The van der Waals surface area contributed by atoms with E-state index < -0.39 is 11.7 Å². The molecule has 2 aromatic heterocycles. The molecule has 0 aliphatic heterocycles. The molecule has 1 atom stereocenters. The van der Waals surface area contributed by atoms with E-state index in [1.54, 1.807) is 25.4 Å². The first-order valence-corrected chi connectivity index (χ1v) is 11.8. The number of halogens is 3. The van der Waals surface area contributed by atoms with Crippen molar-refractivity contribution in [1.82, 2.24) is 9.97 Å². The number of alkyl halides is 3. The molecular formula is C27H29F3N2O3. The Labute approximate surface area is 202 Å². The lowest BCUT2D eigenvalue weighted by atomic mass is 9.72. The Morgan fingerprint density at radius 1 is 1.06 bits per heavy atom. The monoisotopic (exact) mass is 486 g/mol. The van der Waals surface area contributed by atoms with Gasteiger partial charge in [0, 0.05) is 49.5 Å². The molecule has 35 heavy (non-hydrogen) atoms. The molecule has 2 heterocycles. The summed E-state index contributed by atoms with van der Waals surface area (Å²) in [6, 6.07) is 8.99. The van der Waals surface area contributed by atoms with Crippen LogP contribution in [0.3, 0.4) is 0 Å². The number of Topliss-reactive ketones (excluding diaryl/α,β-unsaturated/α-hetero) is 1. The number of pyridine rings is 2. The van der Waals surface area contributed by atoms with Crippen LogP contribution in [0.1, 0.15) is 59.5 Å². The maximum Gasteiger partial charge on any atom is 0.416 e. The molecule has 8 heteroatoms. The summed E-state index contributed by atoms with van der Waals surface area (Å²) in [5, 5.41) is 0.571. The molecule has 0 N–H and O–H groups in total. The van der Waals surface area contributed by atoms with Crippen molar-refractivity contribution in [2.24, 2.45) is 11.8 Å². The quantitative estimate of drug-likeness (QED) is 0.342. The molecule has 0 spiro atoms. The van der Waals surface area contributed by atoms with Crippen molar-refractivity contribution in [2.45, 2.75) is 44.2 Å². The highest BCUT2D eigenvalue weighted by atomic mass is 19.4. The number of hydrogen-bond acceptors (Lipinski definition) is 5. The van der Waals surface area contributed by atoms with Gasteiger partial charge in [0.1, 0.15) is 0 Å². The van der Waals surface area contributed by atoms with E-state index in [1.807, 2.05) is 6.07 Å². The Balaban J connectivity index is 1.46. The fourth-order valence-corrected chi connectivity index (χ4v) is 5.20. The van der Waals surface area contributed by atoms with E-state index in [-0.39, 0.29) is 17.6 Å². The maximum absolute atomic E-state index is 13.3. The lowest BCUT2D eigenvalue weighted by Gasteiger charge is -2.34. The number of ketones is 1. The SMILES string of the molecule is COC[C@@H](CC(=O)c1ccc(OC)nc1)C1CCC(c2ccnc3ccc(C(F)(F)F)cc23)CC1. The van der Waals surface area contributed by atoms with Gasteiger partial charge in [-0.3, -0.25) is 9.78 Å². The zero-order valence-electron chi connectivity index (χ0n) is 19.8. The Bertz CT molecular complexity index is 1160. The van der Waals surface area contributed by atoms with Crippen LogP contribution >= 0.6 is 0 Å². The molecule has 1 saturated carbocycles. The zero-order chi connectivity index (χ0) is 25.0. The fraction of sp³-hybridized carbons (Fsp3) is 0.444. The van der Waals surface area contributed by atoms with Gasteiger partial charge in [-0.1, -0.05) is 0 Å². The van der Waals surface area contributed by atoms with Gasteiger partial charge in [0.25, 0.3) is 0 Å². The number of benzene rings is 1. The summed E-state index contributed by atoms with van der Waals surface area (Å²) in [5.74, 6) is 1.01. The number of nitrogens with zero attached hydrogens (tertiary/aromatic N) is 2. The molecule has 4 rings (SSSR count). The topological polar surface area (TPSA) is 61.3 Å². The first-order valence-electron chi connectivity index (χ1n) is 11.8. The van der Waals surface area contributed by atoms with Crippen LogP contribution in [0.2, 0.25) is 0 Å². The van der Waals surface area contributed by atoms with E-state index >= 15 is 0 Å². The molecule has 0 radical (unpaired) electrons. The Kier molecular flexibility index (Phi) is 7.69. The van der Waals surface area contributed by atoms with E-state index in [0.717, 1.165) is 37.3 Å². The van der Waals surface area contributed by atoms with Gasteiger partial charge in [0.05, 0.1) is 18.2 Å². The van der Waals surface area contributed by atoms with Crippen molar-refractivity contribution >= 4 is 16.7 Å². The molecule has 3 aromatic rings. The van der Waals surface area contributed by atoms with Gasteiger partial charge in [0.15, 0.2) is 5.78 Å². The minimum atomic E-state index is -4.39. The van der Waals surface area contributed by atoms with E-state index in [0.29, 0.717) is 41.3 Å². The molecule has 0 saturated heterocycles. The van der Waals surface area contributed by atoms with Gasteiger partial charge in [-0.2, -0.15) is 13.2 Å². The number of methoxy groups -OCH3 is 2. The largest absolute Gasteiger partial charge is 0.481 e.